The molecule has 4 rings (SSSR count). The number of para-hydroxylation sites is 1. The van der Waals surface area contributed by atoms with Gasteiger partial charge in [0.1, 0.15) is 0 Å². The zero-order valence-electron chi connectivity index (χ0n) is 17.9. The highest BCUT2D eigenvalue weighted by molar-refractivity contribution is 6.03. The molecule has 9 heteroatoms. The normalized spacial score (nSPS) is 10.5. The molecule has 2 aromatic carbocycles. The molecule has 0 spiro atoms. The highest BCUT2D eigenvalue weighted by atomic mass is 16.2. The summed E-state index contributed by atoms with van der Waals surface area (Å²) in [5, 5.41) is 18.1. The molecule has 0 saturated carbocycles. The van der Waals surface area contributed by atoms with E-state index < -0.39 is 0 Å². The lowest BCUT2D eigenvalue weighted by Gasteiger charge is -2.11. The lowest BCUT2D eigenvalue weighted by Crippen LogP contribution is -2.25. The van der Waals surface area contributed by atoms with Crippen molar-refractivity contribution in [2.24, 2.45) is 0 Å². The van der Waals surface area contributed by atoms with E-state index in [1.165, 1.54) is 4.80 Å². The fourth-order valence-electron chi connectivity index (χ4n) is 3.20. The van der Waals surface area contributed by atoms with Crippen molar-refractivity contribution in [3.8, 4) is 11.4 Å². The molecule has 0 bridgehead atoms. The van der Waals surface area contributed by atoms with E-state index in [9.17, 15) is 9.59 Å². The van der Waals surface area contributed by atoms with Crippen LogP contribution in [0.1, 0.15) is 28.8 Å². The number of hydrogen-bond donors (Lipinski definition) is 2. The molecule has 166 valence electrons. The van der Waals surface area contributed by atoms with E-state index in [-0.39, 0.29) is 18.2 Å². The molecular weight excluding hydrogens is 418 g/mol. The van der Waals surface area contributed by atoms with Crippen molar-refractivity contribution in [2.75, 3.05) is 5.32 Å². The number of pyridine rings is 1. The SMILES string of the molecule is O=C(CCCn1nnc(-c2ccccc2)n1)Nc1ccccc1C(=O)NCc1cccnc1. The maximum absolute atomic E-state index is 12.6. The van der Waals surface area contributed by atoms with Gasteiger partial charge in [-0.25, -0.2) is 0 Å². The minimum absolute atomic E-state index is 0.189. The van der Waals surface area contributed by atoms with E-state index in [0.717, 1.165) is 11.1 Å². The molecular formula is C24H23N7O2. The Morgan fingerprint density at radius 3 is 2.58 bits per heavy atom. The quantitative estimate of drug-likeness (QED) is 0.413. The van der Waals surface area contributed by atoms with Crippen molar-refractivity contribution in [3.05, 3.63) is 90.3 Å². The van der Waals surface area contributed by atoms with Crippen LogP contribution >= 0.6 is 0 Å². The number of anilines is 1. The molecule has 2 aromatic heterocycles. The lowest BCUT2D eigenvalue weighted by molar-refractivity contribution is -0.116. The Labute approximate surface area is 190 Å². The van der Waals surface area contributed by atoms with E-state index in [1.54, 1.807) is 36.7 Å². The average Bonchev–Trinajstić information content (AvgIpc) is 3.33. The summed E-state index contributed by atoms with van der Waals surface area (Å²) in [6, 6.07) is 20.2. The van der Waals surface area contributed by atoms with Crippen LogP contribution in [0.15, 0.2) is 79.1 Å². The molecule has 0 radical (unpaired) electrons. The predicted molar refractivity (Wildman–Crippen MR) is 123 cm³/mol. The van der Waals surface area contributed by atoms with Crippen LogP contribution in [0.4, 0.5) is 5.69 Å². The molecule has 0 fully saturated rings. The van der Waals surface area contributed by atoms with Gasteiger partial charge in [-0.15, -0.1) is 10.2 Å². The number of aryl methyl sites for hydroxylation is 1. The van der Waals surface area contributed by atoms with Crippen LogP contribution in [0, 0.1) is 0 Å². The number of nitrogens with zero attached hydrogens (tertiary/aromatic N) is 5. The van der Waals surface area contributed by atoms with Gasteiger partial charge in [0.25, 0.3) is 5.91 Å². The number of carbonyl (C=O) groups excluding carboxylic acids is 2. The second kappa shape index (κ2) is 10.8. The number of aromatic nitrogens is 5. The molecule has 2 heterocycles. The van der Waals surface area contributed by atoms with Crippen molar-refractivity contribution >= 4 is 17.5 Å². The maximum atomic E-state index is 12.6. The van der Waals surface area contributed by atoms with Gasteiger partial charge < -0.3 is 10.6 Å². The molecule has 0 unspecified atom stereocenters. The van der Waals surface area contributed by atoms with Crippen LogP contribution in [-0.4, -0.2) is 37.0 Å². The molecule has 2 N–H and O–H groups in total. The average molecular weight is 441 g/mol. The third-order valence-corrected chi connectivity index (χ3v) is 4.87. The lowest BCUT2D eigenvalue weighted by atomic mass is 10.1. The Kier molecular flexibility index (Phi) is 7.11. The fourth-order valence-corrected chi connectivity index (χ4v) is 3.20. The first-order valence-electron chi connectivity index (χ1n) is 10.6. The highest BCUT2D eigenvalue weighted by Gasteiger charge is 2.13. The van der Waals surface area contributed by atoms with Gasteiger partial charge in [-0.05, 0) is 35.4 Å². The highest BCUT2D eigenvalue weighted by Crippen LogP contribution is 2.16. The van der Waals surface area contributed by atoms with Crippen LogP contribution in [0.5, 0.6) is 0 Å². The zero-order chi connectivity index (χ0) is 22.9. The van der Waals surface area contributed by atoms with E-state index in [0.29, 0.717) is 36.6 Å². The number of tetrazole rings is 1. The van der Waals surface area contributed by atoms with Crippen LogP contribution in [-0.2, 0) is 17.9 Å². The summed E-state index contributed by atoms with van der Waals surface area (Å²) < 4.78 is 0. The molecule has 9 nitrogen and oxygen atoms in total. The number of benzene rings is 2. The van der Waals surface area contributed by atoms with Crippen molar-refractivity contribution in [1.29, 1.82) is 0 Å². The third-order valence-electron chi connectivity index (χ3n) is 4.87. The monoisotopic (exact) mass is 441 g/mol. The maximum Gasteiger partial charge on any atom is 0.253 e. The van der Waals surface area contributed by atoms with Gasteiger partial charge in [0, 0.05) is 30.9 Å². The smallest absolute Gasteiger partial charge is 0.253 e. The van der Waals surface area contributed by atoms with Gasteiger partial charge in [0.2, 0.25) is 11.7 Å². The topological polar surface area (TPSA) is 115 Å². The summed E-state index contributed by atoms with van der Waals surface area (Å²) in [5.41, 5.74) is 2.65. The first-order valence-corrected chi connectivity index (χ1v) is 10.6. The van der Waals surface area contributed by atoms with Gasteiger partial charge >= 0.3 is 0 Å². The first kappa shape index (κ1) is 21.8. The summed E-state index contributed by atoms with van der Waals surface area (Å²) >= 11 is 0. The van der Waals surface area contributed by atoms with Crippen LogP contribution in [0.25, 0.3) is 11.4 Å². The number of rotatable bonds is 9. The van der Waals surface area contributed by atoms with Crippen LogP contribution in [0.3, 0.4) is 0 Å². The Hall–Kier alpha value is -4.40. The van der Waals surface area contributed by atoms with E-state index in [4.69, 9.17) is 0 Å². The van der Waals surface area contributed by atoms with Crippen molar-refractivity contribution in [2.45, 2.75) is 25.9 Å². The van der Waals surface area contributed by atoms with E-state index in [1.807, 2.05) is 42.5 Å². The Balaban J connectivity index is 1.28. The number of hydrogen-bond acceptors (Lipinski definition) is 6. The van der Waals surface area contributed by atoms with Gasteiger partial charge in [0.15, 0.2) is 0 Å². The summed E-state index contributed by atoms with van der Waals surface area (Å²) in [6.07, 6.45) is 4.16. The largest absolute Gasteiger partial charge is 0.348 e. The molecule has 2 amide bonds. The number of amides is 2. The first-order chi connectivity index (χ1) is 16.2. The van der Waals surface area contributed by atoms with Gasteiger partial charge in [-0.2, -0.15) is 4.80 Å². The standard InChI is InChI=1S/C24H23N7O2/c32-22(13-7-15-31-29-23(28-30-31)19-9-2-1-3-10-19)27-21-12-5-4-11-20(21)24(33)26-17-18-8-6-14-25-16-18/h1-6,8-12,14,16H,7,13,15,17H2,(H,26,33)(H,27,32). The molecule has 0 aliphatic heterocycles. The molecule has 0 aliphatic carbocycles. The summed E-state index contributed by atoms with van der Waals surface area (Å²) in [7, 11) is 0. The number of nitrogens with one attached hydrogen (secondary N) is 2. The summed E-state index contributed by atoms with van der Waals surface area (Å²) in [4.78, 5) is 30.6. The second-order valence-electron chi connectivity index (χ2n) is 7.32. The Bertz CT molecular complexity index is 1210. The van der Waals surface area contributed by atoms with Crippen molar-refractivity contribution < 1.29 is 9.59 Å². The van der Waals surface area contributed by atoms with Gasteiger partial charge in [-0.3, -0.25) is 14.6 Å². The molecule has 4 aromatic rings. The van der Waals surface area contributed by atoms with Crippen LogP contribution < -0.4 is 10.6 Å². The number of carbonyl (C=O) groups is 2. The Morgan fingerprint density at radius 1 is 0.939 bits per heavy atom. The molecule has 0 aliphatic rings. The zero-order valence-corrected chi connectivity index (χ0v) is 17.9. The Morgan fingerprint density at radius 2 is 1.76 bits per heavy atom. The summed E-state index contributed by atoms with van der Waals surface area (Å²) in [5.74, 6) is 0.0900. The van der Waals surface area contributed by atoms with Gasteiger partial charge in [0.05, 0.1) is 17.8 Å². The van der Waals surface area contributed by atoms with Crippen molar-refractivity contribution in [3.63, 3.8) is 0 Å². The minimum atomic E-state index is -0.269. The fraction of sp³-hybridized carbons (Fsp3) is 0.167. The third kappa shape index (κ3) is 6.07. The minimum Gasteiger partial charge on any atom is -0.348 e. The molecule has 0 saturated heterocycles. The second-order valence-corrected chi connectivity index (χ2v) is 7.32. The predicted octanol–water partition coefficient (Wildman–Crippen LogP) is 3.08. The summed E-state index contributed by atoms with van der Waals surface area (Å²) in [6.45, 7) is 0.811. The molecule has 33 heavy (non-hydrogen) atoms. The van der Waals surface area contributed by atoms with Crippen molar-refractivity contribution in [1.82, 2.24) is 30.5 Å². The molecule has 0 atom stereocenters. The van der Waals surface area contributed by atoms with Crippen LogP contribution in [0.2, 0.25) is 0 Å². The van der Waals surface area contributed by atoms with E-state index in [2.05, 4.69) is 31.0 Å². The van der Waals surface area contributed by atoms with E-state index >= 15 is 0 Å². The van der Waals surface area contributed by atoms with Gasteiger partial charge in [-0.1, -0.05) is 48.5 Å².